The molecule has 0 saturated heterocycles. The first-order chi connectivity index (χ1) is 12.6. The maximum absolute atomic E-state index is 12.2. The first kappa shape index (κ1) is 18.3. The molecule has 2 aromatic carbocycles. The van der Waals surface area contributed by atoms with Crippen molar-refractivity contribution in [2.24, 2.45) is 0 Å². The van der Waals surface area contributed by atoms with Gasteiger partial charge in [-0.25, -0.2) is 4.79 Å². The van der Waals surface area contributed by atoms with E-state index in [0.29, 0.717) is 46.2 Å². The molecular formula is C18H19BrN2O5. The van der Waals surface area contributed by atoms with E-state index in [-0.39, 0.29) is 6.54 Å². The first-order valence-electron chi connectivity index (χ1n) is 8.03. The predicted octanol–water partition coefficient (Wildman–Crippen LogP) is 3.08. The molecule has 1 aliphatic heterocycles. The van der Waals surface area contributed by atoms with Crippen LogP contribution in [0.1, 0.15) is 11.7 Å². The topological polar surface area (TPSA) is 89.1 Å². The molecule has 2 amide bonds. The maximum atomic E-state index is 12.2. The maximum Gasteiger partial charge on any atom is 0.319 e. The van der Waals surface area contributed by atoms with E-state index < -0.39 is 12.1 Å². The number of nitrogens with one attached hydrogen (secondary N) is 2. The zero-order chi connectivity index (χ0) is 18.5. The molecule has 0 spiro atoms. The van der Waals surface area contributed by atoms with E-state index in [9.17, 15) is 9.90 Å². The fourth-order valence-electron chi connectivity index (χ4n) is 2.57. The van der Waals surface area contributed by atoms with Gasteiger partial charge in [-0.3, -0.25) is 0 Å². The Labute approximate surface area is 159 Å². The van der Waals surface area contributed by atoms with E-state index in [2.05, 4.69) is 26.6 Å². The molecule has 1 atom stereocenters. The van der Waals surface area contributed by atoms with Crippen LogP contribution in [0.5, 0.6) is 17.2 Å². The minimum absolute atomic E-state index is 0.0361. The van der Waals surface area contributed by atoms with Crippen LogP contribution in [0.25, 0.3) is 0 Å². The number of urea groups is 1. The molecule has 3 rings (SSSR count). The van der Waals surface area contributed by atoms with Gasteiger partial charge in [0.15, 0.2) is 11.5 Å². The number of aliphatic hydroxyl groups excluding tert-OH is 1. The molecule has 2 aromatic rings. The van der Waals surface area contributed by atoms with Crippen LogP contribution in [0, 0.1) is 0 Å². The molecule has 7 nitrogen and oxygen atoms in total. The van der Waals surface area contributed by atoms with Crippen LogP contribution >= 0.6 is 15.9 Å². The number of methoxy groups -OCH3 is 1. The smallest absolute Gasteiger partial charge is 0.319 e. The summed E-state index contributed by atoms with van der Waals surface area (Å²) in [5.74, 6) is 1.77. The second-order valence-electron chi connectivity index (χ2n) is 5.57. The van der Waals surface area contributed by atoms with Crippen molar-refractivity contribution in [3.63, 3.8) is 0 Å². The predicted molar refractivity (Wildman–Crippen MR) is 100 cm³/mol. The van der Waals surface area contributed by atoms with Crippen molar-refractivity contribution in [1.82, 2.24) is 5.32 Å². The number of para-hydroxylation sites is 1. The lowest BCUT2D eigenvalue weighted by Gasteiger charge is -2.20. The van der Waals surface area contributed by atoms with Crippen molar-refractivity contribution >= 4 is 27.6 Å². The van der Waals surface area contributed by atoms with Gasteiger partial charge in [-0.2, -0.15) is 0 Å². The summed E-state index contributed by atoms with van der Waals surface area (Å²) in [5.41, 5.74) is 1.15. The van der Waals surface area contributed by atoms with Gasteiger partial charge < -0.3 is 30.0 Å². The number of benzene rings is 2. The molecule has 1 heterocycles. The third-order valence-corrected chi connectivity index (χ3v) is 4.49. The zero-order valence-electron chi connectivity index (χ0n) is 14.1. The summed E-state index contributed by atoms with van der Waals surface area (Å²) in [4.78, 5) is 12.2. The molecule has 0 saturated carbocycles. The second kappa shape index (κ2) is 8.29. The Morgan fingerprint density at radius 3 is 2.69 bits per heavy atom. The van der Waals surface area contributed by atoms with Crippen LogP contribution in [0.2, 0.25) is 0 Å². The second-order valence-corrected chi connectivity index (χ2v) is 6.42. The molecule has 26 heavy (non-hydrogen) atoms. The van der Waals surface area contributed by atoms with E-state index >= 15 is 0 Å². The lowest BCUT2D eigenvalue weighted by molar-refractivity contribution is 0.171. The highest BCUT2D eigenvalue weighted by Gasteiger charge is 2.17. The molecule has 0 aliphatic carbocycles. The number of carbonyl (C=O) groups excluding carboxylic acids is 1. The van der Waals surface area contributed by atoms with Crippen molar-refractivity contribution in [3.05, 3.63) is 46.4 Å². The van der Waals surface area contributed by atoms with E-state index in [1.165, 1.54) is 7.11 Å². The molecule has 0 bridgehead atoms. The van der Waals surface area contributed by atoms with Crippen molar-refractivity contribution in [1.29, 1.82) is 0 Å². The number of anilines is 1. The van der Waals surface area contributed by atoms with Crippen molar-refractivity contribution in [2.45, 2.75) is 6.10 Å². The minimum Gasteiger partial charge on any atom is -0.496 e. The normalized spacial score (nSPS) is 13.7. The number of rotatable bonds is 5. The molecule has 8 heteroatoms. The SMILES string of the molecule is COc1ccccc1C(O)CNC(=O)Nc1cc2c(cc1Br)OCCO2. The van der Waals surface area contributed by atoms with Crippen LogP contribution < -0.4 is 24.8 Å². The Morgan fingerprint density at radius 2 is 1.96 bits per heavy atom. The van der Waals surface area contributed by atoms with Crippen LogP contribution in [-0.2, 0) is 0 Å². The summed E-state index contributed by atoms with van der Waals surface area (Å²) in [7, 11) is 1.53. The van der Waals surface area contributed by atoms with E-state index in [4.69, 9.17) is 14.2 Å². The highest BCUT2D eigenvalue weighted by molar-refractivity contribution is 9.10. The fourth-order valence-corrected chi connectivity index (χ4v) is 2.99. The van der Waals surface area contributed by atoms with Crippen molar-refractivity contribution in [2.75, 3.05) is 32.2 Å². The number of hydrogen-bond acceptors (Lipinski definition) is 5. The average molecular weight is 423 g/mol. The summed E-state index contributed by atoms with van der Waals surface area (Å²) in [5, 5.41) is 15.7. The molecule has 0 fully saturated rings. The zero-order valence-corrected chi connectivity index (χ0v) is 15.7. The molecular weight excluding hydrogens is 404 g/mol. The number of carbonyl (C=O) groups is 1. The standard InChI is InChI=1S/C18H19BrN2O5/c1-24-15-5-3-2-4-11(15)14(22)10-20-18(23)21-13-9-17-16(8-12(13)19)25-6-7-26-17/h2-5,8-9,14,22H,6-7,10H2,1H3,(H2,20,21,23). The Balaban J connectivity index is 1.61. The first-order valence-corrected chi connectivity index (χ1v) is 8.82. The third kappa shape index (κ3) is 4.20. The Hall–Kier alpha value is -2.45. The summed E-state index contributed by atoms with van der Waals surface area (Å²) in [6, 6.07) is 10.1. The van der Waals surface area contributed by atoms with Gasteiger partial charge in [-0.1, -0.05) is 18.2 Å². The van der Waals surface area contributed by atoms with Crippen LogP contribution in [-0.4, -0.2) is 38.0 Å². The third-order valence-electron chi connectivity index (χ3n) is 3.83. The van der Waals surface area contributed by atoms with Gasteiger partial charge >= 0.3 is 6.03 Å². The molecule has 1 unspecified atom stereocenters. The number of amides is 2. The summed E-state index contributed by atoms with van der Waals surface area (Å²) in [6.45, 7) is 0.993. The van der Waals surface area contributed by atoms with Crippen LogP contribution in [0.3, 0.4) is 0 Å². The van der Waals surface area contributed by atoms with Gasteiger partial charge in [0.1, 0.15) is 19.0 Å². The fraction of sp³-hybridized carbons (Fsp3) is 0.278. The lowest BCUT2D eigenvalue weighted by Crippen LogP contribution is -2.32. The molecule has 3 N–H and O–H groups in total. The van der Waals surface area contributed by atoms with Gasteiger partial charge in [0, 0.05) is 28.7 Å². The van der Waals surface area contributed by atoms with E-state index in [1.807, 2.05) is 6.07 Å². The lowest BCUT2D eigenvalue weighted by atomic mass is 10.1. The largest absolute Gasteiger partial charge is 0.496 e. The Kier molecular flexibility index (Phi) is 5.85. The Morgan fingerprint density at radius 1 is 1.27 bits per heavy atom. The van der Waals surface area contributed by atoms with E-state index in [0.717, 1.165) is 0 Å². The highest BCUT2D eigenvalue weighted by atomic mass is 79.9. The monoisotopic (exact) mass is 422 g/mol. The van der Waals surface area contributed by atoms with Gasteiger partial charge in [0.2, 0.25) is 0 Å². The number of aliphatic hydroxyl groups is 1. The van der Waals surface area contributed by atoms with Crippen LogP contribution in [0.4, 0.5) is 10.5 Å². The van der Waals surface area contributed by atoms with Crippen molar-refractivity contribution in [3.8, 4) is 17.2 Å². The van der Waals surface area contributed by atoms with Gasteiger partial charge in [-0.05, 0) is 22.0 Å². The quantitative estimate of drug-likeness (QED) is 0.688. The van der Waals surface area contributed by atoms with E-state index in [1.54, 1.807) is 30.3 Å². The number of ether oxygens (including phenoxy) is 3. The Bertz CT molecular complexity index is 799. The van der Waals surface area contributed by atoms with Gasteiger partial charge in [0.25, 0.3) is 0 Å². The van der Waals surface area contributed by atoms with Crippen LogP contribution in [0.15, 0.2) is 40.9 Å². The number of fused-ring (bicyclic) bond motifs is 1. The van der Waals surface area contributed by atoms with Gasteiger partial charge in [-0.15, -0.1) is 0 Å². The minimum atomic E-state index is -0.888. The summed E-state index contributed by atoms with van der Waals surface area (Å²) >= 11 is 3.40. The summed E-state index contributed by atoms with van der Waals surface area (Å²) < 4.78 is 16.9. The number of hydrogen-bond donors (Lipinski definition) is 3. The average Bonchev–Trinajstić information content (AvgIpc) is 2.66. The molecule has 0 aromatic heterocycles. The van der Waals surface area contributed by atoms with Gasteiger partial charge in [0.05, 0.1) is 18.9 Å². The number of halogens is 1. The summed E-state index contributed by atoms with van der Waals surface area (Å²) in [6.07, 6.45) is -0.888. The molecule has 138 valence electrons. The molecule has 1 aliphatic rings. The highest BCUT2D eigenvalue weighted by Crippen LogP contribution is 2.38. The molecule has 0 radical (unpaired) electrons. The van der Waals surface area contributed by atoms with Crippen molar-refractivity contribution < 1.29 is 24.1 Å².